The Kier molecular flexibility index (Phi) is 12.1. The maximum absolute atomic E-state index is 14.0. The van der Waals surface area contributed by atoms with Crippen LogP contribution in [-0.4, -0.2) is 103 Å². The van der Waals surface area contributed by atoms with E-state index in [1.807, 2.05) is 9.80 Å². The number of alkyl halides is 6. The second-order valence-corrected chi connectivity index (χ2v) is 15.1. The summed E-state index contributed by atoms with van der Waals surface area (Å²) in [6.45, 7) is 5.03. The number of hydrogen-bond donors (Lipinski definition) is 2. The van der Waals surface area contributed by atoms with E-state index in [4.69, 9.17) is 0 Å². The summed E-state index contributed by atoms with van der Waals surface area (Å²) in [6.07, 6.45) is -7.60. The maximum Gasteiger partial charge on any atom is 0.419 e. The van der Waals surface area contributed by atoms with Gasteiger partial charge < -0.3 is 30.0 Å². The molecule has 0 bridgehead atoms. The number of carbonyl (C=O) groups excluding carboxylic acids is 1. The lowest BCUT2D eigenvalue weighted by Gasteiger charge is -2.37. The molecule has 1 amide bonds. The van der Waals surface area contributed by atoms with Gasteiger partial charge in [-0.15, -0.1) is 0 Å². The number of amides is 1. The number of nitrogens with one attached hydrogen (secondary N) is 1. The third kappa shape index (κ3) is 9.69. The molecule has 0 radical (unpaired) electrons. The average Bonchev–Trinajstić information content (AvgIpc) is 3.60. The molecule has 3 aliphatic rings. The molecule has 2 N–H and O–H groups in total. The van der Waals surface area contributed by atoms with E-state index in [0.717, 1.165) is 44.0 Å². The summed E-state index contributed by atoms with van der Waals surface area (Å²) in [4.78, 5) is 20.6. The molecule has 290 valence electrons. The second-order valence-electron chi connectivity index (χ2n) is 13.1. The number of rotatable bonds is 6. The third-order valence-corrected chi connectivity index (χ3v) is 10.6. The molecule has 0 aliphatic carbocycles. The Balaban J connectivity index is 0.000000265. The van der Waals surface area contributed by atoms with E-state index in [-0.39, 0.29) is 55.1 Å². The first-order valence-electron chi connectivity index (χ1n) is 16.8. The molecule has 18 heteroatoms. The van der Waals surface area contributed by atoms with Crippen LogP contribution in [0.15, 0.2) is 59.5 Å². The van der Waals surface area contributed by atoms with Gasteiger partial charge in [0, 0.05) is 101 Å². The van der Waals surface area contributed by atoms with E-state index in [0.29, 0.717) is 49.3 Å². The number of halogens is 8. The minimum absolute atomic E-state index is 0.0198. The first-order valence-corrected chi connectivity index (χ1v) is 18.7. The molecule has 53 heavy (non-hydrogen) atoms. The number of benzene rings is 3. The summed E-state index contributed by atoms with van der Waals surface area (Å²) < 4.78 is 127. The number of anilines is 3. The fourth-order valence-electron chi connectivity index (χ4n) is 6.52. The van der Waals surface area contributed by atoms with Crippen LogP contribution in [-0.2, 0) is 22.2 Å². The van der Waals surface area contributed by atoms with E-state index in [1.54, 1.807) is 15.9 Å². The van der Waals surface area contributed by atoms with Crippen molar-refractivity contribution in [3.05, 3.63) is 82.9 Å². The Morgan fingerprint density at radius 3 is 1.74 bits per heavy atom. The first-order chi connectivity index (χ1) is 24.9. The molecular weight excluding hydrogens is 738 g/mol. The van der Waals surface area contributed by atoms with E-state index < -0.39 is 45.0 Å². The second kappa shape index (κ2) is 16.1. The molecule has 3 heterocycles. The van der Waals surface area contributed by atoms with Crippen molar-refractivity contribution in [2.75, 3.05) is 93.0 Å². The number of aliphatic hydroxyl groups is 1. The van der Waals surface area contributed by atoms with Gasteiger partial charge >= 0.3 is 12.4 Å². The number of nitrogens with zero attached hydrogens (tertiary/aromatic N) is 4. The molecule has 3 saturated heterocycles. The van der Waals surface area contributed by atoms with Gasteiger partial charge in [0.25, 0.3) is 5.91 Å². The molecule has 0 saturated carbocycles. The zero-order valence-electron chi connectivity index (χ0n) is 28.7. The molecule has 3 fully saturated rings. The van der Waals surface area contributed by atoms with Crippen LogP contribution in [0, 0.1) is 17.6 Å². The number of aliphatic hydroxyl groups excluding tert-OH is 1. The SMILES string of the molecule is CS(=O)(=O)c1ccc(N2CCC(CO)C2)c(C(=O)N2CCN(c3ccc(C(F)(F)F)c(F)c3)CC2)c1.Fc1cc(N2CCNCC2)ccc1C(F)(F)F. The van der Waals surface area contributed by atoms with E-state index in [9.17, 15) is 53.4 Å². The zero-order valence-corrected chi connectivity index (χ0v) is 29.5. The monoisotopic (exact) mass is 777 g/mol. The van der Waals surface area contributed by atoms with Gasteiger partial charge in [0.15, 0.2) is 9.84 Å². The van der Waals surface area contributed by atoms with Crippen molar-refractivity contribution >= 4 is 32.8 Å². The van der Waals surface area contributed by atoms with E-state index in [1.165, 1.54) is 24.3 Å². The molecule has 9 nitrogen and oxygen atoms in total. The van der Waals surface area contributed by atoms with Crippen molar-refractivity contribution in [2.24, 2.45) is 5.92 Å². The minimum Gasteiger partial charge on any atom is -0.396 e. The van der Waals surface area contributed by atoms with Gasteiger partial charge in [-0.25, -0.2) is 17.2 Å². The molecule has 1 atom stereocenters. The van der Waals surface area contributed by atoms with Crippen LogP contribution in [0.25, 0.3) is 0 Å². The van der Waals surface area contributed by atoms with Gasteiger partial charge in [0.1, 0.15) is 11.6 Å². The predicted molar refractivity (Wildman–Crippen MR) is 183 cm³/mol. The highest BCUT2D eigenvalue weighted by Crippen LogP contribution is 2.35. The molecule has 3 aromatic rings. The number of hydrogen-bond acceptors (Lipinski definition) is 8. The van der Waals surface area contributed by atoms with Crippen LogP contribution in [0.5, 0.6) is 0 Å². The normalized spacial score (nSPS) is 18.6. The van der Waals surface area contributed by atoms with Crippen molar-refractivity contribution < 1.29 is 53.4 Å². The predicted octanol–water partition coefficient (Wildman–Crippen LogP) is 5.28. The van der Waals surface area contributed by atoms with Gasteiger partial charge in [-0.3, -0.25) is 4.79 Å². The Labute approximate surface area is 301 Å². The molecule has 0 spiro atoms. The van der Waals surface area contributed by atoms with Gasteiger partial charge in [-0.2, -0.15) is 26.3 Å². The van der Waals surface area contributed by atoms with Gasteiger partial charge in [-0.1, -0.05) is 0 Å². The number of sulfone groups is 1. The quantitative estimate of drug-likeness (QED) is 0.327. The van der Waals surface area contributed by atoms with E-state index >= 15 is 0 Å². The van der Waals surface area contributed by atoms with Gasteiger partial charge in [-0.05, 0) is 61.0 Å². The lowest BCUT2D eigenvalue weighted by atomic mass is 10.1. The molecule has 3 aromatic carbocycles. The van der Waals surface area contributed by atoms with Crippen LogP contribution >= 0.6 is 0 Å². The summed E-state index contributed by atoms with van der Waals surface area (Å²) in [7, 11) is -3.56. The standard InChI is InChI=1S/C24H27F4N3O4S.C11H12F4N2/c1-36(34,35)18-3-5-22(31-7-6-16(14-31)15-32)19(13-18)23(33)30-10-8-29(9-11-30)17-2-4-20(21(25)12-17)24(26,27)28;12-10-7-8(17-5-3-16-4-6-17)1-2-9(10)11(13,14)15/h2-5,12-13,16,32H,6-11,14-15H2,1H3;1-2,7,16H,3-6H2. The minimum atomic E-state index is -4.78. The van der Waals surface area contributed by atoms with Gasteiger partial charge in [0.05, 0.1) is 21.6 Å². The number of carbonyl (C=O) groups is 1. The van der Waals surface area contributed by atoms with Crippen LogP contribution in [0.1, 0.15) is 27.9 Å². The largest absolute Gasteiger partial charge is 0.419 e. The van der Waals surface area contributed by atoms with Crippen LogP contribution < -0.4 is 20.0 Å². The Morgan fingerprint density at radius 2 is 1.28 bits per heavy atom. The molecule has 0 aromatic heterocycles. The van der Waals surface area contributed by atoms with Crippen LogP contribution in [0.3, 0.4) is 0 Å². The maximum atomic E-state index is 14.0. The van der Waals surface area contributed by atoms with E-state index in [2.05, 4.69) is 5.32 Å². The smallest absolute Gasteiger partial charge is 0.396 e. The van der Waals surface area contributed by atoms with Crippen LogP contribution in [0.2, 0.25) is 0 Å². The summed E-state index contributed by atoms with van der Waals surface area (Å²) in [5, 5.41) is 12.6. The summed E-state index contributed by atoms with van der Waals surface area (Å²) in [6, 6.07) is 10.3. The number of piperazine rings is 2. The van der Waals surface area contributed by atoms with Gasteiger partial charge in [0.2, 0.25) is 0 Å². The Morgan fingerprint density at radius 1 is 0.755 bits per heavy atom. The third-order valence-electron chi connectivity index (χ3n) is 9.44. The summed E-state index contributed by atoms with van der Waals surface area (Å²) in [5.41, 5.74) is -0.919. The highest BCUT2D eigenvalue weighted by Gasteiger charge is 2.36. The van der Waals surface area contributed by atoms with Crippen molar-refractivity contribution in [1.29, 1.82) is 0 Å². The lowest BCUT2D eigenvalue weighted by Crippen LogP contribution is -2.49. The summed E-state index contributed by atoms with van der Waals surface area (Å²) >= 11 is 0. The Bertz CT molecular complexity index is 1880. The molecule has 3 aliphatic heterocycles. The fourth-order valence-corrected chi connectivity index (χ4v) is 7.16. The zero-order chi connectivity index (χ0) is 38.7. The lowest BCUT2D eigenvalue weighted by molar-refractivity contribution is -0.140. The summed E-state index contributed by atoms with van der Waals surface area (Å²) in [5.74, 6) is -2.86. The Hall–Kier alpha value is -4.16. The topological polar surface area (TPSA) is 96.4 Å². The first kappa shape index (κ1) is 40.0. The average molecular weight is 778 g/mol. The van der Waals surface area contributed by atoms with Crippen molar-refractivity contribution in [3.8, 4) is 0 Å². The highest BCUT2D eigenvalue weighted by molar-refractivity contribution is 7.90. The molecule has 6 rings (SSSR count). The van der Waals surface area contributed by atoms with Crippen molar-refractivity contribution in [2.45, 2.75) is 23.7 Å². The van der Waals surface area contributed by atoms with Crippen molar-refractivity contribution in [3.63, 3.8) is 0 Å². The highest BCUT2D eigenvalue weighted by atomic mass is 32.2. The van der Waals surface area contributed by atoms with Crippen LogP contribution in [0.4, 0.5) is 52.2 Å². The molecular formula is C35H39F8N5O4S. The van der Waals surface area contributed by atoms with Crippen molar-refractivity contribution in [1.82, 2.24) is 10.2 Å². The molecule has 1 unspecified atom stereocenters. The fraction of sp³-hybridized carbons (Fsp3) is 0.457.